The van der Waals surface area contributed by atoms with Gasteiger partial charge >= 0.3 is 0 Å². The van der Waals surface area contributed by atoms with Crippen molar-refractivity contribution >= 4 is 0 Å². The largest absolute Gasteiger partial charge is 0.379 e. The molecule has 1 heterocycles. The van der Waals surface area contributed by atoms with E-state index in [1.807, 2.05) is 0 Å². The molecule has 2 fully saturated rings. The highest BCUT2D eigenvalue weighted by molar-refractivity contribution is 5.33. The van der Waals surface area contributed by atoms with Gasteiger partial charge in [-0.25, -0.2) is 0 Å². The Morgan fingerprint density at radius 3 is 2.77 bits per heavy atom. The Hall–Kier alpha value is -0.900. The molecular formula is C19H30N2O. The molecule has 1 aliphatic heterocycles. The third kappa shape index (κ3) is 3.70. The predicted molar refractivity (Wildman–Crippen MR) is 91.4 cm³/mol. The van der Waals surface area contributed by atoms with Crippen LogP contribution in [0.15, 0.2) is 18.2 Å². The summed E-state index contributed by atoms with van der Waals surface area (Å²) in [5.74, 6) is 0.735. The third-order valence-electron chi connectivity index (χ3n) is 5.46. The first-order chi connectivity index (χ1) is 10.8. The first-order valence-corrected chi connectivity index (χ1v) is 8.85. The second-order valence-electron chi connectivity index (χ2n) is 6.91. The Morgan fingerprint density at radius 2 is 2.05 bits per heavy atom. The molecule has 1 aromatic rings. The summed E-state index contributed by atoms with van der Waals surface area (Å²) in [6.45, 7) is 8.30. The van der Waals surface area contributed by atoms with Gasteiger partial charge in [0.2, 0.25) is 0 Å². The van der Waals surface area contributed by atoms with E-state index in [2.05, 4.69) is 42.7 Å². The summed E-state index contributed by atoms with van der Waals surface area (Å²) in [4.78, 5) is 0. The van der Waals surface area contributed by atoms with Crippen LogP contribution in [0, 0.1) is 19.8 Å². The standard InChI is InChI=1S/C19H30N2O/c1-14-5-3-6-15(2)16(14)9-10-20-18-8-4-7-17(18)19-13-22-12-11-21-19/h3,5-6,17-21H,4,7-13H2,1-2H3. The fourth-order valence-electron chi connectivity index (χ4n) is 4.21. The molecule has 2 N–H and O–H groups in total. The van der Waals surface area contributed by atoms with Crippen molar-refractivity contribution in [3.05, 3.63) is 34.9 Å². The average molecular weight is 302 g/mol. The minimum absolute atomic E-state index is 0.550. The van der Waals surface area contributed by atoms with Crippen molar-refractivity contribution in [3.63, 3.8) is 0 Å². The lowest BCUT2D eigenvalue weighted by Crippen LogP contribution is -2.51. The van der Waals surface area contributed by atoms with E-state index in [4.69, 9.17) is 4.74 Å². The van der Waals surface area contributed by atoms with Gasteiger partial charge in [0.1, 0.15) is 0 Å². The van der Waals surface area contributed by atoms with E-state index in [1.165, 1.54) is 36.0 Å². The van der Waals surface area contributed by atoms with Crippen LogP contribution in [-0.4, -0.2) is 38.4 Å². The zero-order chi connectivity index (χ0) is 15.4. The first-order valence-electron chi connectivity index (χ1n) is 8.85. The lowest BCUT2D eigenvalue weighted by molar-refractivity contribution is 0.0526. The molecule has 22 heavy (non-hydrogen) atoms. The van der Waals surface area contributed by atoms with Gasteiger partial charge < -0.3 is 15.4 Å². The van der Waals surface area contributed by atoms with Crippen LogP contribution >= 0.6 is 0 Å². The number of hydrogen-bond donors (Lipinski definition) is 2. The number of benzene rings is 1. The fourth-order valence-corrected chi connectivity index (χ4v) is 4.21. The maximum absolute atomic E-state index is 5.66. The van der Waals surface area contributed by atoms with Crippen LogP contribution in [-0.2, 0) is 11.2 Å². The van der Waals surface area contributed by atoms with E-state index < -0.39 is 0 Å². The van der Waals surface area contributed by atoms with Crippen molar-refractivity contribution in [1.82, 2.24) is 10.6 Å². The molecular weight excluding hydrogens is 272 g/mol. The van der Waals surface area contributed by atoms with Gasteiger partial charge in [0.05, 0.1) is 13.2 Å². The Morgan fingerprint density at radius 1 is 1.23 bits per heavy atom. The molecule has 0 radical (unpaired) electrons. The number of morpholine rings is 1. The molecule has 0 spiro atoms. The highest BCUT2D eigenvalue weighted by atomic mass is 16.5. The lowest BCUT2D eigenvalue weighted by Gasteiger charge is -2.33. The second kappa shape index (κ2) is 7.58. The molecule has 0 amide bonds. The van der Waals surface area contributed by atoms with Crippen molar-refractivity contribution in [2.75, 3.05) is 26.3 Å². The Labute approximate surface area is 134 Å². The Kier molecular flexibility index (Phi) is 5.51. The lowest BCUT2D eigenvalue weighted by atomic mass is 9.93. The van der Waals surface area contributed by atoms with Gasteiger partial charge in [-0.3, -0.25) is 0 Å². The number of nitrogens with one attached hydrogen (secondary N) is 2. The van der Waals surface area contributed by atoms with Gasteiger partial charge in [0, 0.05) is 18.6 Å². The van der Waals surface area contributed by atoms with Crippen LogP contribution in [0.25, 0.3) is 0 Å². The third-order valence-corrected chi connectivity index (χ3v) is 5.46. The SMILES string of the molecule is Cc1cccc(C)c1CCNC1CCCC1C1COCCN1. The van der Waals surface area contributed by atoms with Crippen LogP contribution in [0.1, 0.15) is 36.0 Å². The highest BCUT2D eigenvalue weighted by Crippen LogP contribution is 2.29. The van der Waals surface area contributed by atoms with E-state index in [-0.39, 0.29) is 0 Å². The Bertz CT molecular complexity index is 462. The zero-order valence-electron chi connectivity index (χ0n) is 14.0. The van der Waals surface area contributed by atoms with E-state index in [0.29, 0.717) is 12.1 Å². The Balaban J connectivity index is 1.52. The molecule has 2 aliphatic rings. The maximum Gasteiger partial charge on any atom is 0.0623 e. The molecule has 1 saturated carbocycles. The van der Waals surface area contributed by atoms with E-state index in [9.17, 15) is 0 Å². The van der Waals surface area contributed by atoms with E-state index >= 15 is 0 Å². The molecule has 3 unspecified atom stereocenters. The summed E-state index contributed by atoms with van der Waals surface area (Å²) < 4.78 is 5.66. The van der Waals surface area contributed by atoms with Gasteiger partial charge in [-0.15, -0.1) is 0 Å². The van der Waals surface area contributed by atoms with Gasteiger partial charge in [0.25, 0.3) is 0 Å². The minimum atomic E-state index is 0.550. The first kappa shape index (κ1) is 16.0. The quantitative estimate of drug-likeness (QED) is 0.877. The van der Waals surface area contributed by atoms with Crippen LogP contribution in [0.5, 0.6) is 0 Å². The smallest absolute Gasteiger partial charge is 0.0623 e. The monoisotopic (exact) mass is 302 g/mol. The van der Waals surface area contributed by atoms with E-state index in [1.54, 1.807) is 0 Å². The van der Waals surface area contributed by atoms with Crippen LogP contribution < -0.4 is 10.6 Å². The molecule has 1 aromatic carbocycles. The maximum atomic E-state index is 5.66. The van der Waals surface area contributed by atoms with Crippen molar-refractivity contribution < 1.29 is 4.74 Å². The van der Waals surface area contributed by atoms with Gasteiger partial charge in [0.15, 0.2) is 0 Å². The topological polar surface area (TPSA) is 33.3 Å². The van der Waals surface area contributed by atoms with Crippen molar-refractivity contribution in [3.8, 4) is 0 Å². The second-order valence-corrected chi connectivity index (χ2v) is 6.91. The summed E-state index contributed by atoms with van der Waals surface area (Å²) in [5, 5.41) is 7.49. The summed E-state index contributed by atoms with van der Waals surface area (Å²) in [6.07, 6.45) is 5.14. The van der Waals surface area contributed by atoms with Crippen molar-refractivity contribution in [2.24, 2.45) is 5.92 Å². The summed E-state index contributed by atoms with van der Waals surface area (Å²) >= 11 is 0. The molecule has 1 saturated heterocycles. The normalized spacial score (nSPS) is 28.9. The van der Waals surface area contributed by atoms with Crippen LogP contribution in [0.3, 0.4) is 0 Å². The van der Waals surface area contributed by atoms with Gasteiger partial charge in [-0.1, -0.05) is 24.6 Å². The molecule has 3 nitrogen and oxygen atoms in total. The fraction of sp³-hybridized carbons (Fsp3) is 0.684. The van der Waals surface area contributed by atoms with Gasteiger partial charge in [-0.05, 0) is 62.3 Å². The molecule has 3 atom stereocenters. The predicted octanol–water partition coefficient (Wildman–Crippen LogP) is 2.59. The molecule has 122 valence electrons. The zero-order valence-corrected chi connectivity index (χ0v) is 14.0. The van der Waals surface area contributed by atoms with Crippen molar-refractivity contribution in [1.29, 1.82) is 0 Å². The molecule has 3 rings (SSSR count). The molecule has 1 aliphatic carbocycles. The number of ether oxygens (including phenoxy) is 1. The highest BCUT2D eigenvalue weighted by Gasteiger charge is 2.34. The molecule has 3 heteroatoms. The average Bonchev–Trinajstić information content (AvgIpc) is 2.99. The number of aryl methyl sites for hydroxylation is 2. The summed E-state index contributed by atoms with van der Waals surface area (Å²) in [7, 11) is 0. The molecule has 0 bridgehead atoms. The summed E-state index contributed by atoms with van der Waals surface area (Å²) in [6, 6.07) is 7.81. The van der Waals surface area contributed by atoms with Crippen molar-refractivity contribution in [2.45, 2.75) is 51.6 Å². The number of hydrogen-bond acceptors (Lipinski definition) is 3. The van der Waals surface area contributed by atoms with Crippen LogP contribution in [0.2, 0.25) is 0 Å². The van der Waals surface area contributed by atoms with Crippen LogP contribution in [0.4, 0.5) is 0 Å². The van der Waals surface area contributed by atoms with E-state index in [0.717, 1.165) is 38.6 Å². The number of rotatable bonds is 5. The van der Waals surface area contributed by atoms with Gasteiger partial charge in [-0.2, -0.15) is 0 Å². The molecule has 0 aromatic heterocycles. The minimum Gasteiger partial charge on any atom is -0.379 e. The summed E-state index contributed by atoms with van der Waals surface area (Å²) in [5.41, 5.74) is 4.36.